The lowest BCUT2D eigenvalue weighted by molar-refractivity contribution is 1.08. The predicted molar refractivity (Wildman–Crippen MR) is 217 cm³/mol. The van der Waals surface area contributed by atoms with E-state index in [2.05, 4.69) is 179 Å². The Bertz CT molecular complexity index is 3390. The zero-order valence-corrected chi connectivity index (χ0v) is 28.0. The van der Waals surface area contributed by atoms with Gasteiger partial charge in [-0.25, -0.2) is 9.97 Å². The van der Waals surface area contributed by atoms with Crippen molar-refractivity contribution < 1.29 is 0 Å². The van der Waals surface area contributed by atoms with E-state index >= 15 is 0 Å². The molecule has 0 saturated carbocycles. The van der Waals surface area contributed by atoms with Crippen molar-refractivity contribution in [1.29, 1.82) is 0 Å². The van der Waals surface area contributed by atoms with Gasteiger partial charge in [-0.2, -0.15) is 0 Å². The lowest BCUT2D eigenvalue weighted by Crippen LogP contribution is -2.04. The van der Waals surface area contributed by atoms with Gasteiger partial charge in [0.2, 0.25) is 0 Å². The number of rotatable bonds is 3. The van der Waals surface area contributed by atoms with Crippen molar-refractivity contribution in [2.75, 3.05) is 0 Å². The summed E-state index contributed by atoms with van der Waals surface area (Å²) >= 11 is 0. The first-order valence-electron chi connectivity index (χ1n) is 17.8. The number of hydrogen-bond acceptors (Lipinski definition) is 2. The smallest absolute Gasteiger partial charge is 0.165 e. The highest BCUT2D eigenvalue weighted by molar-refractivity contribution is 6.33. The fraction of sp³-hybridized carbons (Fsp3) is 0. The van der Waals surface area contributed by atoms with E-state index in [-0.39, 0.29) is 0 Å². The van der Waals surface area contributed by atoms with Crippen LogP contribution in [0.25, 0.3) is 110 Å². The minimum absolute atomic E-state index is 0.822. The standard InChI is InChI=1S/C48H28N4/c1-3-13-29(14-4-1)32-26-27-35-34-19-9-10-21-38(34)51-40-23-12-24-41-44(40)43-36(42(32)47(35)51)20-11-22-39(43)52(41)48-45(31-16-5-2-6-17-31)50-46-33-18-8-7-15-30(33)25-28-37(46)49-48/h1-28H. The van der Waals surface area contributed by atoms with Crippen LogP contribution in [-0.4, -0.2) is 18.9 Å². The van der Waals surface area contributed by atoms with E-state index < -0.39 is 0 Å². The summed E-state index contributed by atoms with van der Waals surface area (Å²) in [5.41, 5.74) is 11.9. The van der Waals surface area contributed by atoms with E-state index in [0.29, 0.717) is 0 Å². The molecule has 0 spiro atoms. The zero-order chi connectivity index (χ0) is 33.9. The van der Waals surface area contributed by atoms with Gasteiger partial charge in [0, 0.05) is 37.9 Å². The third-order valence-corrected chi connectivity index (χ3v) is 11.0. The van der Waals surface area contributed by atoms with Gasteiger partial charge in [-0.1, -0.05) is 140 Å². The molecule has 0 atom stereocenters. The van der Waals surface area contributed by atoms with E-state index in [4.69, 9.17) is 9.97 Å². The van der Waals surface area contributed by atoms with E-state index in [9.17, 15) is 0 Å². The molecule has 0 aliphatic heterocycles. The van der Waals surface area contributed by atoms with Gasteiger partial charge in [0.25, 0.3) is 0 Å². The molecule has 0 aliphatic rings. The van der Waals surface area contributed by atoms with Crippen LogP contribution in [0.1, 0.15) is 0 Å². The molecule has 4 heterocycles. The summed E-state index contributed by atoms with van der Waals surface area (Å²) < 4.78 is 4.87. The number of fused-ring (bicyclic) bond motifs is 8. The number of aromatic nitrogens is 4. The van der Waals surface area contributed by atoms with Crippen LogP contribution in [0, 0.1) is 0 Å². The van der Waals surface area contributed by atoms with Crippen molar-refractivity contribution in [3.8, 4) is 28.2 Å². The maximum absolute atomic E-state index is 5.53. The SMILES string of the molecule is c1ccc(-c2nc3c(ccc4ccccc43)nc2-n2c3cccc4c5c(-c6ccccc6)ccc6c7ccccc7n(c7cccc2c7c43)c65)cc1. The van der Waals surface area contributed by atoms with E-state index in [1.54, 1.807) is 0 Å². The Labute approximate surface area is 297 Å². The highest BCUT2D eigenvalue weighted by Gasteiger charge is 2.25. The van der Waals surface area contributed by atoms with Crippen molar-refractivity contribution in [1.82, 2.24) is 18.9 Å². The molecule has 0 unspecified atom stereocenters. The number of benzene rings is 8. The topological polar surface area (TPSA) is 35.1 Å². The van der Waals surface area contributed by atoms with Crippen molar-refractivity contribution in [3.63, 3.8) is 0 Å². The van der Waals surface area contributed by atoms with Gasteiger partial charge in [0.05, 0.1) is 38.6 Å². The van der Waals surface area contributed by atoms with Crippen molar-refractivity contribution in [2.45, 2.75) is 0 Å². The normalized spacial score (nSPS) is 12.2. The molecule has 0 fully saturated rings. The second kappa shape index (κ2) is 10.3. The molecular formula is C48H28N4. The minimum Gasteiger partial charge on any atom is -0.308 e. The second-order valence-electron chi connectivity index (χ2n) is 13.7. The fourth-order valence-corrected chi connectivity index (χ4v) is 8.88. The Balaban J connectivity index is 1.33. The van der Waals surface area contributed by atoms with E-state index in [1.807, 2.05) is 0 Å². The number of para-hydroxylation sites is 1. The predicted octanol–water partition coefficient (Wildman–Crippen LogP) is 12.4. The lowest BCUT2D eigenvalue weighted by atomic mass is 9.95. The first-order valence-corrected chi connectivity index (χ1v) is 17.8. The quantitative estimate of drug-likeness (QED) is 0.177. The Kier molecular flexibility index (Phi) is 5.47. The van der Waals surface area contributed by atoms with E-state index in [0.717, 1.165) is 49.9 Å². The molecule has 4 aromatic heterocycles. The van der Waals surface area contributed by atoms with Crippen LogP contribution in [-0.2, 0) is 0 Å². The van der Waals surface area contributed by atoms with Crippen LogP contribution in [0.15, 0.2) is 170 Å². The van der Waals surface area contributed by atoms with E-state index in [1.165, 1.54) is 60.0 Å². The average molecular weight is 661 g/mol. The molecular weight excluding hydrogens is 633 g/mol. The Morgan fingerprint density at radius 1 is 0.385 bits per heavy atom. The molecule has 240 valence electrons. The van der Waals surface area contributed by atoms with Gasteiger partial charge in [-0.3, -0.25) is 4.57 Å². The van der Waals surface area contributed by atoms with Crippen LogP contribution < -0.4 is 0 Å². The largest absolute Gasteiger partial charge is 0.308 e. The Morgan fingerprint density at radius 2 is 1.04 bits per heavy atom. The third kappa shape index (κ3) is 3.60. The maximum atomic E-state index is 5.53. The fourth-order valence-electron chi connectivity index (χ4n) is 8.88. The summed E-state index contributed by atoms with van der Waals surface area (Å²) in [6.45, 7) is 0. The summed E-state index contributed by atoms with van der Waals surface area (Å²) in [5.74, 6) is 0.822. The van der Waals surface area contributed by atoms with Gasteiger partial charge >= 0.3 is 0 Å². The van der Waals surface area contributed by atoms with Crippen LogP contribution in [0.4, 0.5) is 0 Å². The molecule has 8 aromatic carbocycles. The van der Waals surface area contributed by atoms with Crippen molar-refractivity contribution in [2.24, 2.45) is 0 Å². The first kappa shape index (κ1) is 27.7. The van der Waals surface area contributed by atoms with Crippen LogP contribution in [0.2, 0.25) is 0 Å². The molecule has 0 amide bonds. The summed E-state index contributed by atoms with van der Waals surface area (Å²) in [7, 11) is 0. The lowest BCUT2D eigenvalue weighted by Gasteiger charge is -2.15. The van der Waals surface area contributed by atoms with Crippen LogP contribution in [0.5, 0.6) is 0 Å². The molecule has 0 aliphatic carbocycles. The number of nitrogens with zero attached hydrogens (tertiary/aromatic N) is 4. The maximum Gasteiger partial charge on any atom is 0.165 e. The minimum atomic E-state index is 0.822. The monoisotopic (exact) mass is 660 g/mol. The zero-order valence-electron chi connectivity index (χ0n) is 28.0. The van der Waals surface area contributed by atoms with Gasteiger partial charge in [-0.05, 0) is 52.2 Å². The molecule has 4 heteroatoms. The van der Waals surface area contributed by atoms with Gasteiger partial charge < -0.3 is 4.40 Å². The highest BCUT2D eigenvalue weighted by Crippen LogP contribution is 2.47. The van der Waals surface area contributed by atoms with Crippen molar-refractivity contribution >= 4 is 81.7 Å². The summed E-state index contributed by atoms with van der Waals surface area (Å²) in [5, 5.41) is 9.69. The average Bonchev–Trinajstić information content (AvgIpc) is 3.69. The molecule has 0 radical (unpaired) electrons. The molecule has 12 aromatic rings. The van der Waals surface area contributed by atoms with Gasteiger partial charge in [0.1, 0.15) is 5.69 Å². The number of hydrogen-bond donors (Lipinski definition) is 0. The Morgan fingerprint density at radius 3 is 1.88 bits per heavy atom. The summed E-state index contributed by atoms with van der Waals surface area (Å²) in [6.07, 6.45) is 0. The van der Waals surface area contributed by atoms with Crippen LogP contribution >= 0.6 is 0 Å². The molecule has 0 saturated heterocycles. The summed E-state index contributed by atoms with van der Waals surface area (Å²) in [6, 6.07) is 61.0. The molecule has 12 rings (SSSR count). The molecule has 52 heavy (non-hydrogen) atoms. The molecule has 4 nitrogen and oxygen atoms in total. The molecule has 0 N–H and O–H groups in total. The Hall–Kier alpha value is -7.04. The highest BCUT2D eigenvalue weighted by atomic mass is 15.1. The summed E-state index contributed by atoms with van der Waals surface area (Å²) in [4.78, 5) is 11.0. The third-order valence-electron chi connectivity index (χ3n) is 11.0. The second-order valence-corrected chi connectivity index (χ2v) is 13.7. The van der Waals surface area contributed by atoms with Gasteiger partial charge in [0.15, 0.2) is 5.82 Å². The molecule has 0 bridgehead atoms. The van der Waals surface area contributed by atoms with Gasteiger partial charge in [-0.15, -0.1) is 0 Å². The van der Waals surface area contributed by atoms with Crippen LogP contribution in [0.3, 0.4) is 0 Å². The first-order chi connectivity index (χ1) is 25.8. The van der Waals surface area contributed by atoms with Crippen molar-refractivity contribution in [3.05, 3.63) is 170 Å².